The van der Waals surface area contributed by atoms with E-state index in [9.17, 15) is 4.79 Å². The van der Waals surface area contributed by atoms with Crippen LogP contribution < -0.4 is 14.8 Å². The third-order valence-electron chi connectivity index (χ3n) is 4.34. The van der Waals surface area contributed by atoms with Gasteiger partial charge in [-0.2, -0.15) is 0 Å². The molecule has 1 N–H and O–H groups in total. The zero-order valence-electron chi connectivity index (χ0n) is 14.2. The summed E-state index contributed by atoms with van der Waals surface area (Å²) >= 11 is 0. The summed E-state index contributed by atoms with van der Waals surface area (Å²) in [5.41, 5.74) is 4.43. The van der Waals surface area contributed by atoms with Gasteiger partial charge in [-0.05, 0) is 48.1 Å². The second kappa shape index (κ2) is 7.39. The van der Waals surface area contributed by atoms with E-state index in [4.69, 9.17) is 9.47 Å². The van der Waals surface area contributed by atoms with Gasteiger partial charge < -0.3 is 14.8 Å². The van der Waals surface area contributed by atoms with E-state index in [0.29, 0.717) is 12.8 Å². The van der Waals surface area contributed by atoms with Crippen LogP contribution in [0, 0.1) is 0 Å². The van der Waals surface area contributed by atoms with Crippen LogP contribution in [0.4, 0.5) is 5.69 Å². The Bertz CT molecular complexity index is 717. The Labute approximate surface area is 142 Å². The number of aryl methyl sites for hydroxylation is 3. The summed E-state index contributed by atoms with van der Waals surface area (Å²) in [5, 5.41) is 3.11. The normalized spacial score (nSPS) is 12.2. The highest BCUT2D eigenvalue weighted by atomic mass is 16.7. The van der Waals surface area contributed by atoms with E-state index in [1.54, 1.807) is 0 Å². The van der Waals surface area contributed by atoms with Crippen LogP contribution in [-0.4, -0.2) is 12.7 Å². The number of anilines is 1. The number of hydrogen-bond acceptors (Lipinski definition) is 3. The number of ether oxygens (including phenoxy) is 2. The van der Waals surface area contributed by atoms with Gasteiger partial charge >= 0.3 is 0 Å². The van der Waals surface area contributed by atoms with E-state index < -0.39 is 0 Å². The van der Waals surface area contributed by atoms with Crippen LogP contribution >= 0.6 is 0 Å². The summed E-state index contributed by atoms with van der Waals surface area (Å²) in [7, 11) is 0. The fraction of sp³-hybridized carbons (Fsp3) is 0.350. The van der Waals surface area contributed by atoms with Crippen molar-refractivity contribution < 1.29 is 14.3 Å². The van der Waals surface area contributed by atoms with E-state index in [1.165, 1.54) is 11.1 Å². The molecule has 126 valence electrons. The van der Waals surface area contributed by atoms with Gasteiger partial charge in [0.25, 0.3) is 0 Å². The first kappa shape index (κ1) is 16.4. The molecule has 1 amide bonds. The predicted molar refractivity (Wildman–Crippen MR) is 94.7 cm³/mol. The fourth-order valence-electron chi connectivity index (χ4n) is 2.96. The Morgan fingerprint density at radius 2 is 1.75 bits per heavy atom. The molecule has 1 heterocycles. The predicted octanol–water partition coefficient (Wildman–Crippen LogP) is 4.11. The largest absolute Gasteiger partial charge is 0.454 e. The smallest absolute Gasteiger partial charge is 0.231 e. The number of rotatable bonds is 6. The maximum atomic E-state index is 12.4. The Morgan fingerprint density at radius 3 is 2.46 bits per heavy atom. The first-order valence-electron chi connectivity index (χ1n) is 8.50. The SMILES string of the molecule is CCc1cccc(CC)c1NC(=O)CCc1ccc2c(c1)OCO2. The summed E-state index contributed by atoms with van der Waals surface area (Å²) in [5.74, 6) is 1.58. The molecule has 3 rings (SSSR count). The molecule has 0 aromatic heterocycles. The van der Waals surface area contributed by atoms with Crippen molar-refractivity contribution in [3.05, 3.63) is 53.1 Å². The van der Waals surface area contributed by atoms with E-state index in [-0.39, 0.29) is 12.7 Å². The molecule has 0 saturated heterocycles. The molecular formula is C20H23NO3. The Hall–Kier alpha value is -2.49. The van der Waals surface area contributed by atoms with Gasteiger partial charge in [-0.25, -0.2) is 0 Å². The highest BCUT2D eigenvalue weighted by Gasteiger charge is 2.14. The van der Waals surface area contributed by atoms with E-state index >= 15 is 0 Å². The lowest BCUT2D eigenvalue weighted by Gasteiger charge is -2.14. The summed E-state index contributed by atoms with van der Waals surface area (Å²) in [6, 6.07) is 12.0. The summed E-state index contributed by atoms with van der Waals surface area (Å²) in [6.45, 7) is 4.49. The molecule has 1 aliphatic heterocycles. The van der Waals surface area contributed by atoms with Crippen LogP contribution in [0.2, 0.25) is 0 Å². The lowest BCUT2D eigenvalue weighted by atomic mass is 10.0. The first-order valence-corrected chi connectivity index (χ1v) is 8.50. The summed E-state index contributed by atoms with van der Waals surface area (Å²) in [6.07, 6.45) is 2.94. The van der Waals surface area contributed by atoms with Gasteiger partial charge in [-0.3, -0.25) is 4.79 Å². The fourth-order valence-corrected chi connectivity index (χ4v) is 2.96. The molecule has 4 heteroatoms. The number of nitrogens with one attached hydrogen (secondary N) is 1. The standard InChI is InChI=1S/C20H23NO3/c1-3-15-6-5-7-16(4-2)20(15)21-19(22)11-9-14-8-10-17-18(12-14)24-13-23-17/h5-8,10,12H,3-4,9,11,13H2,1-2H3,(H,21,22). The maximum Gasteiger partial charge on any atom is 0.231 e. The van der Waals surface area contributed by atoms with Crippen molar-refractivity contribution in [1.82, 2.24) is 0 Å². The van der Waals surface area contributed by atoms with Crippen molar-refractivity contribution in [2.45, 2.75) is 39.5 Å². The molecule has 0 radical (unpaired) electrons. The highest BCUT2D eigenvalue weighted by Crippen LogP contribution is 2.32. The Balaban J connectivity index is 1.64. The van der Waals surface area contributed by atoms with Gasteiger partial charge in [0.05, 0.1) is 0 Å². The van der Waals surface area contributed by atoms with Crippen molar-refractivity contribution in [2.24, 2.45) is 0 Å². The minimum atomic E-state index is 0.0447. The van der Waals surface area contributed by atoms with Crippen LogP contribution in [0.15, 0.2) is 36.4 Å². The number of amides is 1. The van der Waals surface area contributed by atoms with Crippen molar-refractivity contribution in [3.63, 3.8) is 0 Å². The molecule has 24 heavy (non-hydrogen) atoms. The molecule has 0 spiro atoms. The number of benzene rings is 2. The van der Waals surface area contributed by atoms with Crippen molar-refractivity contribution in [3.8, 4) is 11.5 Å². The number of fused-ring (bicyclic) bond motifs is 1. The van der Waals surface area contributed by atoms with E-state index in [0.717, 1.165) is 35.6 Å². The number of carbonyl (C=O) groups excluding carboxylic acids is 1. The highest BCUT2D eigenvalue weighted by molar-refractivity contribution is 5.92. The number of hydrogen-bond donors (Lipinski definition) is 1. The topological polar surface area (TPSA) is 47.6 Å². The average molecular weight is 325 g/mol. The second-order valence-corrected chi connectivity index (χ2v) is 5.89. The minimum Gasteiger partial charge on any atom is -0.454 e. The monoisotopic (exact) mass is 325 g/mol. The van der Waals surface area contributed by atoms with Crippen molar-refractivity contribution >= 4 is 11.6 Å². The lowest BCUT2D eigenvalue weighted by molar-refractivity contribution is -0.116. The number of para-hydroxylation sites is 1. The molecule has 0 aliphatic carbocycles. The van der Waals surface area contributed by atoms with Crippen molar-refractivity contribution in [2.75, 3.05) is 12.1 Å². The molecule has 2 aromatic carbocycles. The van der Waals surface area contributed by atoms with Gasteiger partial charge in [0.1, 0.15) is 0 Å². The molecule has 4 nitrogen and oxygen atoms in total. The van der Waals surface area contributed by atoms with Gasteiger partial charge in [0.15, 0.2) is 11.5 Å². The molecule has 0 bridgehead atoms. The molecule has 0 fully saturated rings. The van der Waals surface area contributed by atoms with Crippen molar-refractivity contribution in [1.29, 1.82) is 0 Å². The lowest BCUT2D eigenvalue weighted by Crippen LogP contribution is -2.15. The zero-order valence-corrected chi connectivity index (χ0v) is 14.2. The quantitative estimate of drug-likeness (QED) is 0.869. The minimum absolute atomic E-state index is 0.0447. The second-order valence-electron chi connectivity index (χ2n) is 5.89. The van der Waals surface area contributed by atoms with Gasteiger partial charge in [0.2, 0.25) is 12.7 Å². The summed E-state index contributed by atoms with van der Waals surface area (Å²) < 4.78 is 10.7. The Kier molecular flexibility index (Phi) is 5.04. The van der Waals surface area contributed by atoms with Gasteiger partial charge in [-0.15, -0.1) is 0 Å². The molecular weight excluding hydrogens is 302 g/mol. The third kappa shape index (κ3) is 3.53. The van der Waals surface area contributed by atoms with Gasteiger partial charge in [-0.1, -0.05) is 38.1 Å². The average Bonchev–Trinajstić information content (AvgIpc) is 3.07. The summed E-state index contributed by atoms with van der Waals surface area (Å²) in [4.78, 5) is 12.4. The van der Waals surface area contributed by atoms with E-state index in [2.05, 4.69) is 37.4 Å². The molecule has 0 saturated carbocycles. The van der Waals surface area contributed by atoms with Crippen LogP contribution in [0.3, 0.4) is 0 Å². The Morgan fingerprint density at radius 1 is 1.04 bits per heavy atom. The zero-order chi connectivity index (χ0) is 16.9. The molecule has 1 aliphatic rings. The molecule has 0 atom stereocenters. The van der Waals surface area contributed by atoms with Gasteiger partial charge in [0, 0.05) is 12.1 Å². The van der Waals surface area contributed by atoms with Crippen LogP contribution in [-0.2, 0) is 24.1 Å². The first-order chi connectivity index (χ1) is 11.7. The number of carbonyl (C=O) groups is 1. The maximum absolute atomic E-state index is 12.4. The van der Waals surface area contributed by atoms with Crippen LogP contribution in [0.25, 0.3) is 0 Å². The van der Waals surface area contributed by atoms with Crippen LogP contribution in [0.5, 0.6) is 11.5 Å². The third-order valence-corrected chi connectivity index (χ3v) is 4.34. The van der Waals surface area contributed by atoms with Crippen LogP contribution in [0.1, 0.15) is 37.0 Å². The molecule has 2 aromatic rings. The molecule has 0 unspecified atom stereocenters. The van der Waals surface area contributed by atoms with E-state index in [1.807, 2.05) is 18.2 Å².